The van der Waals surface area contributed by atoms with Crippen LogP contribution in [0.25, 0.3) is 10.8 Å². The van der Waals surface area contributed by atoms with Crippen LogP contribution in [0.5, 0.6) is 0 Å². The Balaban J connectivity index is 1.33. The fourth-order valence-corrected chi connectivity index (χ4v) is 3.71. The van der Waals surface area contributed by atoms with Crippen molar-refractivity contribution in [3.05, 3.63) is 58.0 Å². The van der Waals surface area contributed by atoms with Gasteiger partial charge in [-0.05, 0) is 22.0 Å². The normalized spacial score (nSPS) is 15.0. The molecule has 4 rings (SSSR count). The van der Waals surface area contributed by atoms with E-state index in [2.05, 4.69) is 35.1 Å². The lowest BCUT2D eigenvalue weighted by Gasteiger charge is -2.35. The molecule has 3 aromatic rings. The molecule has 0 saturated carbocycles. The van der Waals surface area contributed by atoms with Crippen molar-refractivity contribution in [3.8, 4) is 10.8 Å². The summed E-state index contributed by atoms with van der Waals surface area (Å²) in [6.45, 7) is 4.27. The summed E-state index contributed by atoms with van der Waals surface area (Å²) in [4.78, 5) is 31.8. The quantitative estimate of drug-likeness (QED) is 0.488. The van der Waals surface area contributed by atoms with Crippen LogP contribution >= 0.6 is 11.3 Å². The number of pyridine rings is 1. The summed E-state index contributed by atoms with van der Waals surface area (Å²) < 4.78 is 0. The average molecular weight is 383 g/mol. The van der Waals surface area contributed by atoms with E-state index in [9.17, 15) is 10.1 Å². The number of nitro groups is 1. The van der Waals surface area contributed by atoms with Gasteiger partial charge in [0.15, 0.2) is 17.0 Å². The molecule has 0 amide bonds. The van der Waals surface area contributed by atoms with Crippen molar-refractivity contribution in [1.82, 2.24) is 24.8 Å². The molecule has 1 aliphatic heterocycles. The number of rotatable bonds is 5. The summed E-state index contributed by atoms with van der Waals surface area (Å²) in [5.74, 6) is 0.531. The number of thiazole rings is 1. The first kappa shape index (κ1) is 17.4. The van der Waals surface area contributed by atoms with Gasteiger partial charge in [0, 0.05) is 56.6 Å². The van der Waals surface area contributed by atoms with Crippen molar-refractivity contribution in [2.45, 2.75) is 6.54 Å². The minimum atomic E-state index is -0.482. The number of aromatic nitrogens is 4. The highest BCUT2D eigenvalue weighted by molar-refractivity contribution is 7.13. The smallest absolute Gasteiger partial charge is 0.363 e. The summed E-state index contributed by atoms with van der Waals surface area (Å²) in [6, 6.07) is 5.00. The molecule has 0 N–H and O–H groups in total. The molecule has 0 radical (unpaired) electrons. The molecule has 0 unspecified atom stereocenters. The lowest BCUT2D eigenvalue weighted by atomic mass is 10.2. The lowest BCUT2D eigenvalue weighted by Crippen LogP contribution is -2.46. The summed E-state index contributed by atoms with van der Waals surface area (Å²) >= 11 is 1.56. The Morgan fingerprint density at radius 1 is 1.11 bits per heavy atom. The Kier molecular flexibility index (Phi) is 4.99. The maximum Gasteiger partial charge on any atom is 0.363 e. The Morgan fingerprint density at radius 3 is 2.56 bits per heavy atom. The van der Waals surface area contributed by atoms with E-state index in [4.69, 9.17) is 0 Å². The molecule has 1 fully saturated rings. The van der Waals surface area contributed by atoms with Crippen LogP contribution in [0.2, 0.25) is 0 Å². The second-order valence-corrected chi connectivity index (χ2v) is 6.97. The fraction of sp³-hybridized carbons (Fsp3) is 0.294. The maximum atomic E-state index is 10.7. The molecule has 27 heavy (non-hydrogen) atoms. The van der Waals surface area contributed by atoms with Gasteiger partial charge in [-0.3, -0.25) is 4.90 Å². The zero-order chi connectivity index (χ0) is 18.6. The van der Waals surface area contributed by atoms with Gasteiger partial charge >= 0.3 is 5.82 Å². The van der Waals surface area contributed by atoms with Crippen LogP contribution in [0.15, 0.2) is 42.2 Å². The first-order chi connectivity index (χ1) is 13.2. The van der Waals surface area contributed by atoms with Crippen LogP contribution < -0.4 is 4.90 Å². The van der Waals surface area contributed by atoms with Crippen LogP contribution in [-0.2, 0) is 6.54 Å². The van der Waals surface area contributed by atoms with Crippen LogP contribution in [-0.4, -0.2) is 55.9 Å². The summed E-state index contributed by atoms with van der Waals surface area (Å²) in [6.07, 6.45) is 5.01. The highest BCUT2D eigenvalue weighted by Gasteiger charge is 2.20. The molecule has 4 heterocycles. The first-order valence-corrected chi connectivity index (χ1v) is 9.36. The molecule has 0 aromatic carbocycles. The lowest BCUT2D eigenvalue weighted by molar-refractivity contribution is -0.389. The standard InChI is InChI=1S/C17H17N7O2S/c25-24(26)15-3-2-14(10-20-15)23-8-6-22(7-9-23)11-13-12-27-17(21-13)16-18-4-1-5-19-16/h1-5,10,12H,6-9,11H2. The van der Waals surface area contributed by atoms with Crippen molar-refractivity contribution in [1.29, 1.82) is 0 Å². The largest absolute Gasteiger partial charge is 0.366 e. The van der Waals surface area contributed by atoms with Crippen molar-refractivity contribution >= 4 is 22.8 Å². The van der Waals surface area contributed by atoms with Crippen LogP contribution in [0.4, 0.5) is 11.5 Å². The molecule has 1 aliphatic rings. The van der Waals surface area contributed by atoms with Crippen LogP contribution in [0.3, 0.4) is 0 Å². The van der Waals surface area contributed by atoms with E-state index in [-0.39, 0.29) is 5.82 Å². The zero-order valence-corrected chi connectivity index (χ0v) is 15.2. The Morgan fingerprint density at radius 2 is 1.89 bits per heavy atom. The van der Waals surface area contributed by atoms with Gasteiger partial charge in [-0.1, -0.05) is 0 Å². The summed E-state index contributed by atoms with van der Waals surface area (Å²) in [7, 11) is 0. The molecule has 0 aliphatic carbocycles. The van der Waals surface area contributed by atoms with E-state index in [0.29, 0.717) is 5.82 Å². The van der Waals surface area contributed by atoms with E-state index in [0.717, 1.165) is 49.1 Å². The van der Waals surface area contributed by atoms with Gasteiger partial charge in [-0.2, -0.15) is 0 Å². The molecule has 138 valence electrons. The highest BCUT2D eigenvalue weighted by atomic mass is 32.1. The topological polar surface area (TPSA) is 101 Å². The predicted molar refractivity (Wildman–Crippen MR) is 102 cm³/mol. The SMILES string of the molecule is O=[N+]([O-])c1ccc(N2CCN(Cc3csc(-c4ncccn4)n3)CC2)cn1. The van der Waals surface area contributed by atoms with E-state index in [1.54, 1.807) is 42.1 Å². The third kappa shape index (κ3) is 4.07. The van der Waals surface area contributed by atoms with Gasteiger partial charge < -0.3 is 15.0 Å². The summed E-state index contributed by atoms with van der Waals surface area (Å²) in [5.41, 5.74) is 1.94. The Labute approximate surface area is 159 Å². The zero-order valence-electron chi connectivity index (χ0n) is 14.4. The predicted octanol–water partition coefficient (Wildman–Crippen LogP) is 2.23. The molecule has 0 spiro atoms. The fourth-order valence-electron chi connectivity index (χ4n) is 2.96. The number of hydrogen-bond acceptors (Lipinski definition) is 9. The van der Waals surface area contributed by atoms with Crippen molar-refractivity contribution < 1.29 is 4.92 Å². The molecule has 10 heteroatoms. The highest BCUT2D eigenvalue weighted by Crippen LogP contribution is 2.22. The average Bonchev–Trinajstić information content (AvgIpc) is 3.18. The monoisotopic (exact) mass is 383 g/mol. The van der Waals surface area contributed by atoms with Gasteiger partial charge in [-0.15, -0.1) is 11.3 Å². The molecule has 9 nitrogen and oxygen atoms in total. The molecular weight excluding hydrogens is 366 g/mol. The van der Waals surface area contributed by atoms with Gasteiger partial charge in [0.1, 0.15) is 0 Å². The van der Waals surface area contributed by atoms with E-state index in [1.165, 1.54) is 6.07 Å². The second-order valence-electron chi connectivity index (χ2n) is 6.11. The summed E-state index contributed by atoms with van der Waals surface area (Å²) in [5, 5.41) is 13.6. The number of nitrogens with zero attached hydrogens (tertiary/aromatic N) is 7. The minimum absolute atomic E-state index is 0.126. The van der Waals surface area contributed by atoms with Crippen LogP contribution in [0.1, 0.15) is 5.69 Å². The Hall–Kier alpha value is -2.98. The first-order valence-electron chi connectivity index (χ1n) is 8.48. The van der Waals surface area contributed by atoms with Crippen molar-refractivity contribution in [3.63, 3.8) is 0 Å². The molecule has 3 aromatic heterocycles. The van der Waals surface area contributed by atoms with Gasteiger partial charge in [0.05, 0.1) is 11.4 Å². The number of piperazine rings is 1. The molecular formula is C17H17N7O2S. The Bertz CT molecular complexity index is 909. The molecule has 0 bridgehead atoms. The third-order valence-corrected chi connectivity index (χ3v) is 5.24. The maximum absolute atomic E-state index is 10.7. The molecule has 0 atom stereocenters. The van der Waals surface area contributed by atoms with Crippen molar-refractivity contribution in [2.24, 2.45) is 0 Å². The van der Waals surface area contributed by atoms with E-state index >= 15 is 0 Å². The minimum Gasteiger partial charge on any atom is -0.366 e. The van der Waals surface area contributed by atoms with Crippen molar-refractivity contribution in [2.75, 3.05) is 31.1 Å². The van der Waals surface area contributed by atoms with E-state index in [1.807, 2.05) is 0 Å². The van der Waals surface area contributed by atoms with Crippen LogP contribution in [0, 0.1) is 10.1 Å². The van der Waals surface area contributed by atoms with Gasteiger partial charge in [-0.25, -0.2) is 15.0 Å². The third-order valence-electron chi connectivity index (χ3n) is 4.35. The van der Waals surface area contributed by atoms with E-state index < -0.39 is 4.92 Å². The number of hydrogen-bond donors (Lipinski definition) is 0. The van der Waals surface area contributed by atoms with Gasteiger partial charge in [0.2, 0.25) is 0 Å². The number of anilines is 1. The van der Waals surface area contributed by atoms with Gasteiger partial charge in [0.25, 0.3) is 0 Å². The second kappa shape index (κ2) is 7.72. The molecule has 1 saturated heterocycles.